The number of rotatable bonds is 1. The van der Waals surface area contributed by atoms with Crippen molar-refractivity contribution in [1.82, 2.24) is 11.1 Å². The van der Waals surface area contributed by atoms with E-state index in [0.717, 1.165) is 0 Å². The molecule has 1 aromatic heterocycles. The molecule has 1 heterocycles. The van der Waals surface area contributed by atoms with Crippen LogP contribution in [0, 0.1) is 6.92 Å². The van der Waals surface area contributed by atoms with Gasteiger partial charge in [-0.1, -0.05) is 0 Å². The van der Waals surface area contributed by atoms with Gasteiger partial charge in [0.05, 0.1) is 5.69 Å². The second kappa shape index (κ2) is 4.08. The van der Waals surface area contributed by atoms with Crippen molar-refractivity contribution in [2.75, 3.05) is 0 Å². The van der Waals surface area contributed by atoms with Crippen LogP contribution in [0.25, 0.3) is 0 Å². The lowest BCUT2D eigenvalue weighted by atomic mass is 10.3. The average Bonchev–Trinajstić information content (AvgIpc) is 1.91. The fraction of sp³-hybridized carbons (Fsp3) is 0.286. The van der Waals surface area contributed by atoms with Crippen molar-refractivity contribution >= 4 is 0 Å². The van der Waals surface area contributed by atoms with Gasteiger partial charge in [0.15, 0.2) is 5.75 Å². The van der Waals surface area contributed by atoms with Gasteiger partial charge in [0.1, 0.15) is 0 Å². The first kappa shape index (κ1) is 11.7. The SMILES string of the molecule is Cc1ncccc1OC(F)(F)F.N. The largest absolute Gasteiger partial charge is 0.573 e. The van der Waals surface area contributed by atoms with Gasteiger partial charge >= 0.3 is 6.36 Å². The first-order chi connectivity index (χ1) is 5.49. The number of nitrogens with zero attached hydrogens (tertiary/aromatic N) is 1. The van der Waals surface area contributed by atoms with Crippen molar-refractivity contribution < 1.29 is 17.9 Å². The third-order valence-corrected chi connectivity index (χ3v) is 1.18. The summed E-state index contributed by atoms with van der Waals surface area (Å²) in [5, 5.41) is 0. The lowest BCUT2D eigenvalue weighted by Crippen LogP contribution is -2.17. The highest BCUT2D eigenvalue weighted by atomic mass is 19.4. The Bertz CT molecular complexity index is 275. The van der Waals surface area contributed by atoms with E-state index in [4.69, 9.17) is 0 Å². The maximum absolute atomic E-state index is 11.7. The summed E-state index contributed by atoms with van der Waals surface area (Å²) >= 11 is 0. The molecule has 0 spiro atoms. The highest BCUT2D eigenvalue weighted by Crippen LogP contribution is 2.23. The van der Waals surface area contributed by atoms with Crippen molar-refractivity contribution in [1.29, 1.82) is 0 Å². The van der Waals surface area contributed by atoms with E-state index in [1.54, 1.807) is 0 Å². The molecular weight excluding hydrogens is 185 g/mol. The average molecular weight is 194 g/mol. The van der Waals surface area contributed by atoms with E-state index in [1.807, 2.05) is 0 Å². The summed E-state index contributed by atoms with van der Waals surface area (Å²) in [4.78, 5) is 3.64. The number of hydrogen-bond donors (Lipinski definition) is 1. The molecule has 1 rings (SSSR count). The van der Waals surface area contributed by atoms with Gasteiger partial charge in [0, 0.05) is 6.20 Å². The van der Waals surface area contributed by atoms with E-state index in [0.29, 0.717) is 0 Å². The van der Waals surface area contributed by atoms with Crippen LogP contribution in [-0.2, 0) is 0 Å². The zero-order valence-corrected chi connectivity index (χ0v) is 6.93. The van der Waals surface area contributed by atoms with E-state index < -0.39 is 6.36 Å². The molecule has 0 aliphatic heterocycles. The maximum Gasteiger partial charge on any atom is 0.573 e. The molecule has 1 aromatic rings. The van der Waals surface area contributed by atoms with Gasteiger partial charge in [0.25, 0.3) is 0 Å². The van der Waals surface area contributed by atoms with Crippen LogP contribution in [0.4, 0.5) is 13.2 Å². The molecule has 0 fully saturated rings. The quantitative estimate of drug-likeness (QED) is 0.746. The van der Waals surface area contributed by atoms with Crippen LogP contribution in [0.3, 0.4) is 0 Å². The highest BCUT2D eigenvalue weighted by molar-refractivity contribution is 5.25. The number of aryl methyl sites for hydroxylation is 1. The monoisotopic (exact) mass is 194 g/mol. The van der Waals surface area contributed by atoms with Gasteiger partial charge in [-0.2, -0.15) is 0 Å². The number of ether oxygens (including phenoxy) is 1. The van der Waals surface area contributed by atoms with Crippen LogP contribution in [0.5, 0.6) is 5.75 Å². The van der Waals surface area contributed by atoms with Gasteiger partial charge in [-0.25, -0.2) is 0 Å². The fourth-order valence-electron chi connectivity index (χ4n) is 0.702. The maximum atomic E-state index is 11.7. The molecule has 0 aliphatic carbocycles. The lowest BCUT2D eigenvalue weighted by Gasteiger charge is -2.09. The molecule has 6 heteroatoms. The minimum atomic E-state index is -4.65. The molecule has 74 valence electrons. The minimum Gasteiger partial charge on any atom is -0.404 e. The molecule has 0 aromatic carbocycles. The summed E-state index contributed by atoms with van der Waals surface area (Å²) < 4.78 is 38.7. The zero-order valence-electron chi connectivity index (χ0n) is 6.93. The predicted molar refractivity (Wildman–Crippen MR) is 40.7 cm³/mol. The van der Waals surface area contributed by atoms with E-state index in [9.17, 15) is 13.2 Å². The Balaban J connectivity index is 0.00000144. The number of aromatic nitrogens is 1. The van der Waals surface area contributed by atoms with E-state index in [2.05, 4.69) is 9.72 Å². The van der Waals surface area contributed by atoms with Gasteiger partial charge < -0.3 is 10.9 Å². The van der Waals surface area contributed by atoms with Crippen molar-refractivity contribution in [3.8, 4) is 5.75 Å². The van der Waals surface area contributed by atoms with Crippen LogP contribution >= 0.6 is 0 Å². The molecule has 3 nitrogen and oxygen atoms in total. The van der Waals surface area contributed by atoms with Crippen LogP contribution in [0.1, 0.15) is 5.69 Å². The second-order valence-corrected chi connectivity index (χ2v) is 2.13. The van der Waals surface area contributed by atoms with Crippen molar-refractivity contribution in [3.05, 3.63) is 24.0 Å². The topological polar surface area (TPSA) is 57.1 Å². The normalized spacial score (nSPS) is 10.5. The van der Waals surface area contributed by atoms with Gasteiger partial charge in [-0.05, 0) is 19.1 Å². The summed E-state index contributed by atoms with van der Waals surface area (Å²) in [5.74, 6) is -0.259. The fourth-order valence-corrected chi connectivity index (χ4v) is 0.702. The zero-order chi connectivity index (χ0) is 9.19. The van der Waals surface area contributed by atoms with Gasteiger partial charge in [-0.15, -0.1) is 13.2 Å². The van der Waals surface area contributed by atoms with Crippen molar-refractivity contribution in [3.63, 3.8) is 0 Å². The first-order valence-corrected chi connectivity index (χ1v) is 3.16. The van der Waals surface area contributed by atoms with E-state index in [-0.39, 0.29) is 17.6 Å². The lowest BCUT2D eigenvalue weighted by molar-refractivity contribution is -0.275. The van der Waals surface area contributed by atoms with Crippen LogP contribution in [0.15, 0.2) is 18.3 Å². The molecule has 13 heavy (non-hydrogen) atoms. The Kier molecular flexibility index (Phi) is 3.68. The molecule has 0 saturated carbocycles. The van der Waals surface area contributed by atoms with Crippen LogP contribution in [0.2, 0.25) is 0 Å². The third-order valence-electron chi connectivity index (χ3n) is 1.18. The molecule has 0 aliphatic rings. The summed E-state index contributed by atoms with van der Waals surface area (Å²) in [6.07, 6.45) is -3.24. The molecular formula is C7H9F3N2O. The molecule has 0 unspecified atom stereocenters. The number of hydrogen-bond acceptors (Lipinski definition) is 3. The van der Waals surface area contributed by atoms with Crippen molar-refractivity contribution in [2.45, 2.75) is 13.3 Å². The van der Waals surface area contributed by atoms with Crippen molar-refractivity contribution in [2.24, 2.45) is 0 Å². The molecule has 0 atom stereocenters. The van der Waals surface area contributed by atoms with E-state index in [1.165, 1.54) is 25.3 Å². The summed E-state index contributed by atoms with van der Waals surface area (Å²) in [6.45, 7) is 1.45. The number of pyridine rings is 1. The number of alkyl halides is 3. The second-order valence-electron chi connectivity index (χ2n) is 2.13. The first-order valence-electron chi connectivity index (χ1n) is 3.16. The standard InChI is InChI=1S/C7H6F3NO.H3N/c1-5-6(3-2-4-11-5)12-7(8,9)10;/h2-4H,1H3;1H3. The smallest absolute Gasteiger partial charge is 0.404 e. The van der Waals surface area contributed by atoms with Gasteiger partial charge in [0.2, 0.25) is 0 Å². The molecule has 0 radical (unpaired) electrons. The summed E-state index contributed by atoms with van der Waals surface area (Å²) in [5.41, 5.74) is 0.217. The molecule has 0 amide bonds. The Morgan fingerprint density at radius 2 is 2.00 bits per heavy atom. The van der Waals surface area contributed by atoms with E-state index >= 15 is 0 Å². The Hall–Kier alpha value is -1.30. The third kappa shape index (κ3) is 3.75. The molecule has 0 saturated heterocycles. The van der Waals surface area contributed by atoms with Gasteiger partial charge in [-0.3, -0.25) is 4.98 Å². The number of halogens is 3. The molecule has 3 N–H and O–H groups in total. The van der Waals surface area contributed by atoms with Crippen LogP contribution < -0.4 is 10.9 Å². The highest BCUT2D eigenvalue weighted by Gasteiger charge is 2.31. The Morgan fingerprint density at radius 1 is 1.38 bits per heavy atom. The predicted octanol–water partition coefficient (Wildman–Crippen LogP) is 2.45. The van der Waals surface area contributed by atoms with Crippen LogP contribution in [-0.4, -0.2) is 11.3 Å². The Labute approximate surface area is 73.1 Å². The summed E-state index contributed by atoms with van der Waals surface area (Å²) in [7, 11) is 0. The minimum absolute atomic E-state index is 0. The summed E-state index contributed by atoms with van der Waals surface area (Å²) in [6, 6.07) is 2.60. The molecule has 0 bridgehead atoms. The Morgan fingerprint density at radius 3 is 2.46 bits per heavy atom.